The van der Waals surface area contributed by atoms with Crippen molar-refractivity contribution < 1.29 is 0 Å². The molecule has 0 saturated heterocycles. The number of hydrogen-bond donors (Lipinski definition) is 2. The molecule has 0 aliphatic heterocycles. The van der Waals surface area contributed by atoms with E-state index in [2.05, 4.69) is 15.0 Å². The van der Waals surface area contributed by atoms with Gasteiger partial charge in [0.2, 0.25) is 0 Å². The molecule has 0 amide bonds. The first-order chi connectivity index (χ1) is 7.89. The van der Waals surface area contributed by atoms with Gasteiger partial charge in [-0.05, 0) is 20.8 Å². The fourth-order valence-electron chi connectivity index (χ4n) is 1.57. The van der Waals surface area contributed by atoms with E-state index in [-0.39, 0.29) is 11.1 Å². The van der Waals surface area contributed by atoms with Crippen LogP contribution in [0.5, 0.6) is 0 Å². The van der Waals surface area contributed by atoms with Crippen LogP contribution < -0.4 is 11.3 Å². The van der Waals surface area contributed by atoms with Gasteiger partial charge in [0, 0.05) is 17.8 Å². The summed E-state index contributed by atoms with van der Waals surface area (Å²) in [4.78, 5) is 22.1. The highest BCUT2D eigenvalue weighted by Gasteiger charge is 2.20. The number of hydrogen-bond acceptors (Lipinski definition) is 4. The van der Waals surface area contributed by atoms with Gasteiger partial charge >= 0.3 is 0 Å². The van der Waals surface area contributed by atoms with Crippen molar-refractivity contribution in [1.29, 1.82) is 0 Å². The molecule has 0 radical (unpaired) electrons. The topological polar surface area (TPSA) is 89.6 Å². The maximum Gasteiger partial charge on any atom is 0.251 e. The van der Waals surface area contributed by atoms with Crippen LogP contribution in [0, 0.1) is 0 Å². The van der Waals surface area contributed by atoms with Crippen LogP contribution in [-0.2, 0) is 5.54 Å². The quantitative estimate of drug-likeness (QED) is 0.768. The normalized spacial score (nSPS) is 11.7. The number of aromatic amines is 1. The Balaban J connectivity index is 2.56. The van der Waals surface area contributed by atoms with Gasteiger partial charge in [0.25, 0.3) is 5.56 Å². The molecule has 3 N–H and O–H groups in total. The summed E-state index contributed by atoms with van der Waals surface area (Å²) in [5, 5.41) is 0. The smallest absolute Gasteiger partial charge is 0.251 e. The van der Waals surface area contributed by atoms with E-state index >= 15 is 0 Å². The van der Waals surface area contributed by atoms with Crippen molar-refractivity contribution in [2.45, 2.75) is 26.3 Å². The fourth-order valence-corrected chi connectivity index (χ4v) is 1.57. The first kappa shape index (κ1) is 11.4. The van der Waals surface area contributed by atoms with Gasteiger partial charge in [-0.1, -0.05) is 0 Å². The Kier molecular flexibility index (Phi) is 2.49. The highest BCUT2D eigenvalue weighted by molar-refractivity contribution is 5.64. The van der Waals surface area contributed by atoms with Gasteiger partial charge in [0.05, 0.1) is 6.33 Å². The lowest BCUT2D eigenvalue weighted by Gasteiger charge is -2.21. The molecular weight excluding hydrogens is 218 g/mol. The zero-order chi connectivity index (χ0) is 12.6. The summed E-state index contributed by atoms with van der Waals surface area (Å²) in [6.45, 7) is 6.07. The van der Waals surface area contributed by atoms with E-state index in [1.54, 1.807) is 6.33 Å². The van der Waals surface area contributed by atoms with Gasteiger partial charge in [-0.3, -0.25) is 4.79 Å². The van der Waals surface area contributed by atoms with Crippen LogP contribution in [-0.4, -0.2) is 19.5 Å². The number of nitrogens with zero attached hydrogens (tertiary/aromatic N) is 3. The second-order valence-electron chi connectivity index (χ2n) is 4.80. The maximum atomic E-state index is 11.2. The summed E-state index contributed by atoms with van der Waals surface area (Å²) in [6, 6.07) is 1.35. The first-order valence-corrected chi connectivity index (χ1v) is 5.28. The largest absolute Gasteiger partial charge is 0.383 e. The standard InChI is InChI=1S/C11H15N5O/c1-11(2,3)16-6-14-8(9(16)12)10-13-5-4-7(17)15-10/h4-6H,12H2,1-3H3,(H,13,15,17). The molecule has 2 aromatic heterocycles. The summed E-state index contributed by atoms with van der Waals surface area (Å²) < 4.78 is 1.84. The third kappa shape index (κ3) is 2.06. The summed E-state index contributed by atoms with van der Waals surface area (Å²) in [5.74, 6) is 0.879. The molecule has 6 heteroatoms. The van der Waals surface area contributed by atoms with E-state index in [0.29, 0.717) is 17.3 Å². The number of imidazole rings is 1. The third-order valence-corrected chi connectivity index (χ3v) is 2.42. The highest BCUT2D eigenvalue weighted by Crippen LogP contribution is 2.25. The van der Waals surface area contributed by atoms with Crippen LogP contribution in [0.15, 0.2) is 23.4 Å². The molecule has 0 aliphatic rings. The van der Waals surface area contributed by atoms with Crippen molar-refractivity contribution in [3.8, 4) is 11.5 Å². The fraction of sp³-hybridized carbons (Fsp3) is 0.364. The van der Waals surface area contributed by atoms with Crippen molar-refractivity contribution in [3.05, 3.63) is 28.9 Å². The van der Waals surface area contributed by atoms with E-state index in [0.717, 1.165) is 0 Å². The molecule has 0 aliphatic carbocycles. The Morgan fingerprint density at radius 3 is 2.59 bits per heavy atom. The van der Waals surface area contributed by atoms with E-state index in [1.165, 1.54) is 12.3 Å². The van der Waals surface area contributed by atoms with E-state index in [9.17, 15) is 4.79 Å². The monoisotopic (exact) mass is 233 g/mol. The minimum absolute atomic E-state index is 0.162. The van der Waals surface area contributed by atoms with Crippen LogP contribution in [0.25, 0.3) is 11.5 Å². The number of nitrogens with one attached hydrogen (secondary N) is 1. The third-order valence-electron chi connectivity index (χ3n) is 2.42. The van der Waals surface area contributed by atoms with Gasteiger partial charge in [0.1, 0.15) is 11.5 Å². The lowest BCUT2D eigenvalue weighted by atomic mass is 10.1. The number of nitrogens with two attached hydrogens (primary N) is 1. The summed E-state index contributed by atoms with van der Waals surface area (Å²) in [5.41, 5.74) is 6.12. The molecule has 0 spiro atoms. The molecule has 2 rings (SSSR count). The summed E-state index contributed by atoms with van der Waals surface area (Å²) >= 11 is 0. The van der Waals surface area contributed by atoms with Crippen LogP contribution in [0.4, 0.5) is 5.82 Å². The Bertz CT molecular complexity index is 590. The molecule has 0 saturated carbocycles. The van der Waals surface area contributed by atoms with Crippen molar-refractivity contribution >= 4 is 5.82 Å². The van der Waals surface area contributed by atoms with Crippen LogP contribution in [0.1, 0.15) is 20.8 Å². The molecule has 90 valence electrons. The predicted octanol–water partition coefficient (Wildman–Crippen LogP) is 0.971. The molecule has 0 atom stereocenters. The maximum absolute atomic E-state index is 11.2. The molecule has 0 aromatic carbocycles. The van der Waals surface area contributed by atoms with Crippen LogP contribution in [0.2, 0.25) is 0 Å². The molecule has 17 heavy (non-hydrogen) atoms. The molecule has 0 unspecified atom stereocenters. The zero-order valence-electron chi connectivity index (χ0n) is 10.1. The Morgan fingerprint density at radius 1 is 1.35 bits per heavy atom. The second-order valence-corrected chi connectivity index (χ2v) is 4.80. The van der Waals surface area contributed by atoms with Gasteiger partial charge in [-0.25, -0.2) is 9.97 Å². The average molecular weight is 233 g/mol. The van der Waals surface area contributed by atoms with Crippen molar-refractivity contribution in [3.63, 3.8) is 0 Å². The number of H-pyrrole nitrogens is 1. The Morgan fingerprint density at radius 2 is 2.06 bits per heavy atom. The molecule has 6 nitrogen and oxygen atoms in total. The lowest BCUT2D eigenvalue weighted by Crippen LogP contribution is -2.22. The second kappa shape index (κ2) is 3.73. The minimum atomic E-state index is -0.222. The van der Waals surface area contributed by atoms with Crippen molar-refractivity contribution in [2.75, 3.05) is 5.73 Å². The van der Waals surface area contributed by atoms with Crippen molar-refractivity contribution in [1.82, 2.24) is 19.5 Å². The summed E-state index contributed by atoms with van der Waals surface area (Å²) in [7, 11) is 0. The van der Waals surface area contributed by atoms with Gasteiger partial charge < -0.3 is 15.3 Å². The predicted molar refractivity (Wildman–Crippen MR) is 65.5 cm³/mol. The van der Waals surface area contributed by atoms with E-state index < -0.39 is 0 Å². The first-order valence-electron chi connectivity index (χ1n) is 5.28. The van der Waals surface area contributed by atoms with Crippen molar-refractivity contribution in [2.24, 2.45) is 0 Å². The average Bonchev–Trinajstić information content (AvgIpc) is 2.59. The number of rotatable bonds is 1. The molecule has 2 aromatic rings. The summed E-state index contributed by atoms with van der Waals surface area (Å²) in [6.07, 6.45) is 3.08. The molecular formula is C11H15N5O. The van der Waals surface area contributed by atoms with Gasteiger partial charge in [-0.2, -0.15) is 0 Å². The minimum Gasteiger partial charge on any atom is -0.383 e. The molecule has 0 bridgehead atoms. The Hall–Kier alpha value is -2.11. The van der Waals surface area contributed by atoms with Crippen LogP contribution >= 0.6 is 0 Å². The highest BCUT2D eigenvalue weighted by atomic mass is 16.1. The van der Waals surface area contributed by atoms with Crippen LogP contribution in [0.3, 0.4) is 0 Å². The zero-order valence-corrected chi connectivity index (χ0v) is 10.1. The number of anilines is 1. The molecule has 0 fully saturated rings. The van der Waals surface area contributed by atoms with E-state index in [4.69, 9.17) is 5.73 Å². The SMILES string of the molecule is CC(C)(C)n1cnc(-c2nccc(=O)[nH]2)c1N. The van der Waals surface area contributed by atoms with E-state index in [1.807, 2.05) is 25.3 Å². The number of nitrogen functional groups attached to an aromatic ring is 1. The van der Waals surface area contributed by atoms with Gasteiger partial charge in [-0.15, -0.1) is 0 Å². The lowest BCUT2D eigenvalue weighted by molar-refractivity contribution is 0.402. The molecule has 2 heterocycles. The number of aromatic nitrogens is 4. The Labute approximate surface area is 98.5 Å². The van der Waals surface area contributed by atoms with Gasteiger partial charge in [0.15, 0.2) is 5.82 Å².